The van der Waals surface area contributed by atoms with Crippen LogP contribution >= 0.6 is 0 Å². The fraction of sp³-hybridized carbons (Fsp3) is 0.290. The van der Waals surface area contributed by atoms with Crippen LogP contribution in [-0.4, -0.2) is 73.9 Å². The number of nitrogens with zero attached hydrogens (tertiary/aromatic N) is 8. The number of aromatic amines is 2. The Morgan fingerprint density at radius 3 is 2.59 bits per heavy atom. The summed E-state index contributed by atoms with van der Waals surface area (Å²) in [6.07, 6.45) is 9.06. The molecular formula is C31H33N11O2. The van der Waals surface area contributed by atoms with Gasteiger partial charge in [-0.1, -0.05) is 26.0 Å². The molecule has 224 valence electrons. The molecule has 1 aromatic carbocycles. The predicted octanol–water partition coefficient (Wildman–Crippen LogP) is 4.50. The molecule has 1 atom stereocenters. The molecule has 13 nitrogen and oxygen atoms in total. The largest absolute Gasteiger partial charge is 0.383 e. The number of H-pyrrole nitrogens is 2. The molecule has 0 fully saturated rings. The number of aromatic nitrogens is 9. The second kappa shape index (κ2) is 12.0. The molecule has 0 aliphatic heterocycles. The van der Waals surface area contributed by atoms with Crippen LogP contribution in [0.15, 0.2) is 55.4 Å². The van der Waals surface area contributed by atoms with Gasteiger partial charge in [0.25, 0.3) is 5.91 Å². The maximum Gasteiger partial charge on any atom is 0.291 e. The van der Waals surface area contributed by atoms with Gasteiger partial charge in [-0.2, -0.15) is 9.61 Å². The molecule has 5 heterocycles. The summed E-state index contributed by atoms with van der Waals surface area (Å²) in [4.78, 5) is 47.7. The number of ketones is 1. The molecule has 0 aliphatic rings. The Bertz CT molecular complexity index is 1940. The predicted molar refractivity (Wildman–Crippen MR) is 166 cm³/mol. The highest BCUT2D eigenvalue weighted by Gasteiger charge is 2.27. The summed E-state index contributed by atoms with van der Waals surface area (Å²) in [5.74, 6) is 0.0396. The smallest absolute Gasteiger partial charge is 0.291 e. The number of hydrogen-bond donors (Lipinski definition) is 3. The van der Waals surface area contributed by atoms with Crippen molar-refractivity contribution in [2.75, 3.05) is 12.3 Å². The van der Waals surface area contributed by atoms with E-state index >= 15 is 0 Å². The lowest BCUT2D eigenvalue weighted by Crippen LogP contribution is -2.41. The van der Waals surface area contributed by atoms with Gasteiger partial charge >= 0.3 is 0 Å². The van der Waals surface area contributed by atoms with Gasteiger partial charge < -0.3 is 20.6 Å². The first kappa shape index (κ1) is 28.6. The molecule has 13 heteroatoms. The van der Waals surface area contributed by atoms with Crippen LogP contribution in [0.3, 0.4) is 0 Å². The van der Waals surface area contributed by atoms with Crippen LogP contribution in [0, 0.1) is 0 Å². The molecule has 0 saturated heterocycles. The third-order valence-electron chi connectivity index (χ3n) is 7.87. The zero-order valence-corrected chi connectivity index (χ0v) is 24.8. The number of hydrogen-bond acceptors (Lipinski definition) is 9. The number of anilines is 1. The highest BCUT2D eigenvalue weighted by Crippen LogP contribution is 2.30. The third-order valence-corrected chi connectivity index (χ3v) is 7.87. The van der Waals surface area contributed by atoms with Crippen molar-refractivity contribution in [3.8, 4) is 22.4 Å². The fourth-order valence-corrected chi connectivity index (χ4v) is 5.67. The first-order valence-corrected chi connectivity index (χ1v) is 14.6. The Balaban J connectivity index is 1.31. The van der Waals surface area contributed by atoms with Crippen molar-refractivity contribution in [1.82, 2.24) is 49.6 Å². The van der Waals surface area contributed by atoms with Crippen molar-refractivity contribution in [1.29, 1.82) is 0 Å². The third kappa shape index (κ3) is 5.27. The number of Topliss-reactive ketones (excluding diaryl/α,β-unsaturated/α-hetero) is 1. The van der Waals surface area contributed by atoms with Crippen molar-refractivity contribution < 1.29 is 9.59 Å². The van der Waals surface area contributed by atoms with Crippen molar-refractivity contribution in [2.45, 2.75) is 52.5 Å². The minimum atomic E-state index is -0.204. The maximum absolute atomic E-state index is 13.2. The van der Waals surface area contributed by atoms with Crippen LogP contribution < -0.4 is 5.73 Å². The first-order valence-electron chi connectivity index (χ1n) is 14.6. The molecule has 0 radical (unpaired) electrons. The van der Waals surface area contributed by atoms with E-state index in [0.717, 1.165) is 46.3 Å². The van der Waals surface area contributed by atoms with Crippen molar-refractivity contribution in [3.63, 3.8) is 0 Å². The summed E-state index contributed by atoms with van der Waals surface area (Å²) in [6.45, 7) is 6.11. The molecule has 0 spiro atoms. The number of nitrogens with two attached hydrogens (primary N) is 1. The summed E-state index contributed by atoms with van der Waals surface area (Å²) in [7, 11) is 0. The van der Waals surface area contributed by atoms with Gasteiger partial charge in [0.1, 0.15) is 12.1 Å². The molecule has 6 rings (SSSR count). The Labute approximate surface area is 253 Å². The van der Waals surface area contributed by atoms with Gasteiger partial charge in [-0.25, -0.2) is 9.97 Å². The average molecular weight is 592 g/mol. The van der Waals surface area contributed by atoms with E-state index in [2.05, 4.69) is 30.2 Å². The Morgan fingerprint density at radius 1 is 1.05 bits per heavy atom. The molecule has 6 aromatic rings. The lowest BCUT2D eigenvalue weighted by molar-refractivity contribution is 0.0650. The van der Waals surface area contributed by atoms with Crippen LogP contribution in [0.25, 0.3) is 39.1 Å². The average Bonchev–Trinajstić information content (AvgIpc) is 3.81. The van der Waals surface area contributed by atoms with Gasteiger partial charge in [0.15, 0.2) is 11.4 Å². The maximum atomic E-state index is 13.2. The number of carbonyl (C=O) groups excluding carboxylic acids is 2. The number of aryl methyl sites for hydroxylation is 1. The molecule has 0 bridgehead atoms. The molecule has 44 heavy (non-hydrogen) atoms. The van der Waals surface area contributed by atoms with E-state index in [0.29, 0.717) is 36.3 Å². The van der Waals surface area contributed by atoms with Gasteiger partial charge in [0, 0.05) is 35.5 Å². The highest BCUT2D eigenvalue weighted by atomic mass is 16.2. The minimum Gasteiger partial charge on any atom is -0.383 e. The number of benzene rings is 1. The normalized spacial score (nSPS) is 12.2. The first-order chi connectivity index (χ1) is 21.4. The van der Waals surface area contributed by atoms with Gasteiger partial charge in [0.05, 0.1) is 40.5 Å². The minimum absolute atomic E-state index is 0.103. The van der Waals surface area contributed by atoms with Crippen molar-refractivity contribution in [3.05, 3.63) is 72.5 Å². The number of nitrogen functional groups attached to an aromatic ring is 1. The SMILES string of the molecule is CCCN(C(=O)c1nnc[nH]1)[C@H](CC)CCc1nc2c(-c3ccc(-c4ccc5nc[nH]c5c4)nc3)cnn2c(N)c1C(C)=O. The van der Waals surface area contributed by atoms with Gasteiger partial charge in [-0.3, -0.25) is 14.6 Å². The topological polar surface area (TPSA) is 177 Å². The number of rotatable bonds is 11. The zero-order valence-electron chi connectivity index (χ0n) is 24.8. The fourth-order valence-electron chi connectivity index (χ4n) is 5.67. The van der Waals surface area contributed by atoms with Gasteiger partial charge in [-0.15, -0.1) is 10.2 Å². The molecule has 0 aliphatic carbocycles. The van der Waals surface area contributed by atoms with E-state index in [1.54, 1.807) is 18.7 Å². The molecule has 1 amide bonds. The number of fused-ring (bicyclic) bond motifs is 2. The second-order valence-corrected chi connectivity index (χ2v) is 10.7. The zero-order chi connectivity index (χ0) is 30.8. The summed E-state index contributed by atoms with van der Waals surface area (Å²) < 4.78 is 1.50. The monoisotopic (exact) mass is 591 g/mol. The van der Waals surface area contributed by atoms with Crippen molar-refractivity contribution in [2.24, 2.45) is 0 Å². The second-order valence-electron chi connectivity index (χ2n) is 10.7. The molecule has 5 aromatic heterocycles. The van der Waals surface area contributed by atoms with E-state index in [9.17, 15) is 9.59 Å². The van der Waals surface area contributed by atoms with Crippen LogP contribution in [0.4, 0.5) is 5.82 Å². The number of nitrogens with one attached hydrogen (secondary N) is 2. The van der Waals surface area contributed by atoms with Crippen LogP contribution in [0.5, 0.6) is 0 Å². The lowest BCUT2D eigenvalue weighted by Gasteiger charge is -2.30. The van der Waals surface area contributed by atoms with E-state index in [1.165, 1.54) is 17.8 Å². The molecular weight excluding hydrogens is 558 g/mol. The molecule has 0 saturated carbocycles. The number of pyridine rings is 1. The summed E-state index contributed by atoms with van der Waals surface area (Å²) >= 11 is 0. The number of imidazole rings is 1. The van der Waals surface area contributed by atoms with Crippen molar-refractivity contribution >= 4 is 34.2 Å². The summed E-state index contributed by atoms with van der Waals surface area (Å²) in [5, 5.41) is 12.1. The summed E-state index contributed by atoms with van der Waals surface area (Å²) in [5.41, 5.74) is 13.2. The Hall–Kier alpha value is -5.46. The lowest BCUT2D eigenvalue weighted by atomic mass is 10.0. The van der Waals surface area contributed by atoms with Crippen LogP contribution in [-0.2, 0) is 6.42 Å². The number of amides is 1. The van der Waals surface area contributed by atoms with E-state index in [1.807, 2.05) is 49.1 Å². The van der Waals surface area contributed by atoms with Gasteiger partial charge in [0.2, 0.25) is 5.82 Å². The Morgan fingerprint density at radius 2 is 1.89 bits per heavy atom. The van der Waals surface area contributed by atoms with Crippen LogP contribution in [0.1, 0.15) is 66.7 Å². The van der Waals surface area contributed by atoms with E-state index in [4.69, 9.17) is 15.7 Å². The summed E-state index contributed by atoms with van der Waals surface area (Å²) in [6, 6.07) is 9.78. The highest BCUT2D eigenvalue weighted by molar-refractivity contribution is 6.00. The quantitative estimate of drug-likeness (QED) is 0.183. The Kier molecular flexibility index (Phi) is 7.84. The van der Waals surface area contributed by atoms with E-state index < -0.39 is 0 Å². The van der Waals surface area contributed by atoms with E-state index in [-0.39, 0.29) is 29.4 Å². The molecule has 4 N–H and O–H groups in total. The molecule has 0 unspecified atom stereocenters. The number of carbonyl (C=O) groups is 2. The van der Waals surface area contributed by atoms with Gasteiger partial charge in [-0.05, 0) is 50.8 Å². The van der Waals surface area contributed by atoms with Crippen LogP contribution in [0.2, 0.25) is 0 Å². The standard InChI is InChI=1S/C31H33N11O2/c1-4-12-41(31(44)29-36-17-37-40-29)21(5-2)8-11-25-27(18(3)43)28(32)42-30(39-25)22(15-38-42)20-7-9-23(33-14-20)19-6-10-24-26(13-19)35-16-34-24/h6-7,9-10,13-17,21H,4-5,8,11-12,32H2,1-3H3,(H,34,35)(H,36,37,40)/t21-/m1/s1.